The van der Waals surface area contributed by atoms with Crippen molar-refractivity contribution < 1.29 is 0 Å². The Kier molecular flexibility index (Phi) is 3.28. The molecular formula is C18H14N4S. The summed E-state index contributed by atoms with van der Waals surface area (Å²) in [6, 6.07) is 16.2. The lowest BCUT2D eigenvalue weighted by Gasteiger charge is -2.04. The third kappa shape index (κ3) is 2.55. The maximum atomic E-state index is 6.04. The minimum Gasteiger partial charge on any atom is -0.382 e. The molecule has 0 bridgehead atoms. The van der Waals surface area contributed by atoms with E-state index in [1.54, 1.807) is 17.5 Å². The van der Waals surface area contributed by atoms with Crippen LogP contribution >= 0.6 is 11.3 Å². The molecule has 0 fully saturated rings. The van der Waals surface area contributed by atoms with E-state index >= 15 is 0 Å². The molecule has 0 atom stereocenters. The van der Waals surface area contributed by atoms with Gasteiger partial charge in [-0.2, -0.15) is 0 Å². The molecule has 0 aliphatic heterocycles. The predicted molar refractivity (Wildman–Crippen MR) is 95.2 cm³/mol. The number of hydrogen-bond donors (Lipinski definition) is 1. The van der Waals surface area contributed by atoms with Gasteiger partial charge in [0.05, 0.1) is 22.1 Å². The van der Waals surface area contributed by atoms with Crippen LogP contribution in [0.2, 0.25) is 0 Å². The van der Waals surface area contributed by atoms with Crippen molar-refractivity contribution in [2.24, 2.45) is 0 Å². The second-order valence-corrected chi connectivity index (χ2v) is 6.38. The van der Waals surface area contributed by atoms with Gasteiger partial charge in [-0.25, -0.2) is 15.0 Å². The van der Waals surface area contributed by atoms with Crippen LogP contribution in [0, 0.1) is 6.92 Å². The van der Waals surface area contributed by atoms with E-state index in [1.165, 1.54) is 5.56 Å². The van der Waals surface area contributed by atoms with Gasteiger partial charge in [-0.1, -0.05) is 36.4 Å². The summed E-state index contributed by atoms with van der Waals surface area (Å²) >= 11 is 1.59. The Hall–Kier alpha value is -2.79. The summed E-state index contributed by atoms with van der Waals surface area (Å²) in [6.07, 6.45) is 1.70. The monoisotopic (exact) mass is 318 g/mol. The number of hydrogen-bond acceptors (Lipinski definition) is 5. The van der Waals surface area contributed by atoms with E-state index in [0.29, 0.717) is 11.5 Å². The third-order valence-corrected chi connectivity index (χ3v) is 4.64. The number of anilines is 1. The molecule has 2 aromatic carbocycles. The molecule has 4 rings (SSSR count). The lowest BCUT2D eigenvalue weighted by atomic mass is 10.1. The molecule has 4 nitrogen and oxygen atoms in total. The first kappa shape index (κ1) is 13.8. The fraction of sp³-hybridized carbons (Fsp3) is 0.0556. The van der Waals surface area contributed by atoms with Crippen molar-refractivity contribution in [2.75, 3.05) is 5.73 Å². The van der Waals surface area contributed by atoms with Crippen LogP contribution in [0.1, 0.15) is 5.56 Å². The summed E-state index contributed by atoms with van der Waals surface area (Å²) < 4.78 is 1.13. The lowest BCUT2D eigenvalue weighted by Crippen LogP contribution is -1.98. The number of aromatic nitrogens is 3. The molecule has 0 saturated heterocycles. The first-order chi connectivity index (χ1) is 11.2. The third-order valence-electron chi connectivity index (χ3n) is 3.62. The molecule has 0 unspecified atom stereocenters. The smallest absolute Gasteiger partial charge is 0.152 e. The van der Waals surface area contributed by atoms with Crippen LogP contribution in [0.15, 0.2) is 54.7 Å². The number of aryl methyl sites for hydroxylation is 1. The van der Waals surface area contributed by atoms with Crippen LogP contribution in [-0.4, -0.2) is 15.0 Å². The van der Waals surface area contributed by atoms with Gasteiger partial charge in [0.25, 0.3) is 0 Å². The highest BCUT2D eigenvalue weighted by atomic mass is 32.1. The van der Waals surface area contributed by atoms with Crippen LogP contribution < -0.4 is 5.73 Å². The minimum atomic E-state index is 0.403. The highest BCUT2D eigenvalue weighted by molar-refractivity contribution is 7.21. The predicted octanol–water partition coefficient (Wildman–Crippen LogP) is 4.31. The van der Waals surface area contributed by atoms with E-state index in [2.05, 4.69) is 29.0 Å². The number of nitrogen functional groups attached to an aromatic ring is 1. The average molecular weight is 318 g/mol. The number of benzene rings is 2. The van der Waals surface area contributed by atoms with Gasteiger partial charge in [0.2, 0.25) is 0 Å². The molecule has 2 heterocycles. The Morgan fingerprint density at radius 2 is 1.83 bits per heavy atom. The minimum absolute atomic E-state index is 0.403. The summed E-state index contributed by atoms with van der Waals surface area (Å²) in [5.41, 5.74) is 10.7. The van der Waals surface area contributed by atoms with Crippen molar-refractivity contribution in [1.82, 2.24) is 15.0 Å². The van der Waals surface area contributed by atoms with Gasteiger partial charge < -0.3 is 5.73 Å². The fourth-order valence-electron chi connectivity index (χ4n) is 2.44. The van der Waals surface area contributed by atoms with Crippen molar-refractivity contribution in [2.45, 2.75) is 6.92 Å². The normalized spacial score (nSPS) is 11.0. The molecule has 23 heavy (non-hydrogen) atoms. The standard InChI is InChI=1S/C18H14N4S/c1-11-7-8-13-15(9-11)23-18(22-13)16-17(19)20-10-14(21-16)12-5-3-2-4-6-12/h2-10H,1H3,(H2,19,20). The van der Waals surface area contributed by atoms with E-state index in [0.717, 1.165) is 26.5 Å². The maximum Gasteiger partial charge on any atom is 0.152 e. The van der Waals surface area contributed by atoms with E-state index in [9.17, 15) is 0 Å². The van der Waals surface area contributed by atoms with Gasteiger partial charge >= 0.3 is 0 Å². The first-order valence-corrected chi connectivity index (χ1v) is 8.08. The highest BCUT2D eigenvalue weighted by Crippen LogP contribution is 2.33. The highest BCUT2D eigenvalue weighted by Gasteiger charge is 2.13. The van der Waals surface area contributed by atoms with Crippen LogP contribution in [0.4, 0.5) is 5.82 Å². The van der Waals surface area contributed by atoms with Gasteiger partial charge in [-0.15, -0.1) is 11.3 Å². The van der Waals surface area contributed by atoms with Crippen molar-refractivity contribution >= 4 is 27.4 Å². The van der Waals surface area contributed by atoms with Gasteiger partial charge in [0.1, 0.15) is 10.7 Å². The molecule has 2 N–H and O–H groups in total. The quantitative estimate of drug-likeness (QED) is 0.598. The lowest BCUT2D eigenvalue weighted by molar-refractivity contribution is 1.21. The van der Waals surface area contributed by atoms with E-state index in [-0.39, 0.29) is 0 Å². The Morgan fingerprint density at radius 3 is 2.65 bits per heavy atom. The van der Waals surface area contributed by atoms with Crippen LogP contribution in [-0.2, 0) is 0 Å². The fourth-order valence-corrected chi connectivity index (χ4v) is 3.50. The summed E-state index contributed by atoms with van der Waals surface area (Å²) in [7, 11) is 0. The largest absolute Gasteiger partial charge is 0.382 e. The molecule has 0 aliphatic carbocycles. The molecular weight excluding hydrogens is 304 g/mol. The molecule has 5 heteroatoms. The zero-order valence-electron chi connectivity index (χ0n) is 12.5. The molecule has 112 valence electrons. The maximum absolute atomic E-state index is 6.04. The molecule has 0 amide bonds. The van der Waals surface area contributed by atoms with Crippen molar-refractivity contribution in [3.05, 3.63) is 60.3 Å². The zero-order valence-corrected chi connectivity index (χ0v) is 13.3. The van der Waals surface area contributed by atoms with Gasteiger partial charge in [-0.05, 0) is 24.6 Å². The molecule has 4 aromatic rings. The number of nitrogens with two attached hydrogens (primary N) is 1. The summed E-state index contributed by atoms with van der Waals surface area (Å²) in [5, 5.41) is 0.799. The van der Waals surface area contributed by atoms with Gasteiger partial charge in [0.15, 0.2) is 5.82 Å². The van der Waals surface area contributed by atoms with Gasteiger partial charge in [-0.3, -0.25) is 0 Å². The summed E-state index contributed by atoms with van der Waals surface area (Å²) in [5.74, 6) is 0.403. The number of rotatable bonds is 2. The number of fused-ring (bicyclic) bond motifs is 1. The van der Waals surface area contributed by atoms with E-state index in [4.69, 9.17) is 10.7 Å². The van der Waals surface area contributed by atoms with Crippen molar-refractivity contribution in [1.29, 1.82) is 0 Å². The average Bonchev–Trinajstić information content (AvgIpc) is 2.99. The zero-order chi connectivity index (χ0) is 15.8. The Bertz CT molecular complexity index is 993. The van der Waals surface area contributed by atoms with Crippen molar-refractivity contribution in [3.63, 3.8) is 0 Å². The van der Waals surface area contributed by atoms with E-state index < -0.39 is 0 Å². The molecule has 0 saturated carbocycles. The second-order valence-electron chi connectivity index (χ2n) is 5.35. The summed E-state index contributed by atoms with van der Waals surface area (Å²) in [6.45, 7) is 2.07. The molecule has 0 radical (unpaired) electrons. The van der Waals surface area contributed by atoms with Crippen LogP contribution in [0.3, 0.4) is 0 Å². The molecule has 0 aliphatic rings. The molecule has 0 spiro atoms. The Balaban J connectivity index is 1.86. The van der Waals surface area contributed by atoms with E-state index in [1.807, 2.05) is 36.4 Å². The van der Waals surface area contributed by atoms with Crippen LogP contribution in [0.5, 0.6) is 0 Å². The SMILES string of the molecule is Cc1ccc2nc(-c3nc(-c4ccccc4)cnc3N)sc2c1. The second kappa shape index (κ2) is 5.44. The Labute approximate surface area is 137 Å². The first-order valence-electron chi connectivity index (χ1n) is 7.26. The summed E-state index contributed by atoms with van der Waals surface area (Å²) in [4.78, 5) is 13.6. The van der Waals surface area contributed by atoms with Gasteiger partial charge in [0, 0.05) is 5.56 Å². The van der Waals surface area contributed by atoms with Crippen molar-refractivity contribution in [3.8, 4) is 22.0 Å². The van der Waals surface area contributed by atoms with Crippen LogP contribution in [0.25, 0.3) is 32.2 Å². The number of nitrogens with zero attached hydrogens (tertiary/aromatic N) is 3. The topological polar surface area (TPSA) is 64.7 Å². The Morgan fingerprint density at radius 1 is 1.00 bits per heavy atom. The molecule has 2 aromatic heterocycles. The number of thiazole rings is 1.